The van der Waals surface area contributed by atoms with E-state index >= 15 is 0 Å². The van der Waals surface area contributed by atoms with Crippen molar-refractivity contribution in [2.24, 2.45) is 0 Å². The summed E-state index contributed by atoms with van der Waals surface area (Å²) in [6.07, 6.45) is 12.9. The molecular weight excluding hydrogens is 408 g/mol. The van der Waals surface area contributed by atoms with Gasteiger partial charge < -0.3 is 15.1 Å². The summed E-state index contributed by atoms with van der Waals surface area (Å²) in [6, 6.07) is 0. The van der Waals surface area contributed by atoms with Crippen molar-refractivity contribution in [3.63, 3.8) is 0 Å². The van der Waals surface area contributed by atoms with E-state index in [-0.39, 0.29) is 0 Å². The minimum atomic E-state index is -3.41. The molecule has 0 bridgehead atoms. The Bertz CT molecular complexity index is 692. The van der Waals surface area contributed by atoms with Crippen LogP contribution in [0.15, 0.2) is 23.8 Å². The molecule has 2 aliphatic rings. The molecule has 0 aromatic carbocycles. The van der Waals surface area contributed by atoms with Gasteiger partial charge in [-0.2, -0.15) is 0 Å². The highest BCUT2D eigenvalue weighted by atomic mass is 32.2. The summed E-state index contributed by atoms with van der Waals surface area (Å²) in [5.41, 5.74) is 1.03. The molecule has 1 unspecified atom stereocenters. The normalized spacial score (nSPS) is 28.6. The van der Waals surface area contributed by atoms with Crippen molar-refractivity contribution < 1.29 is 8.42 Å². The summed E-state index contributed by atoms with van der Waals surface area (Å²) >= 11 is 0. The van der Waals surface area contributed by atoms with Crippen molar-refractivity contribution in [3.8, 4) is 0 Å². The average Bonchev–Trinajstić information content (AvgIpc) is 2.70. The average molecular weight is 455 g/mol. The van der Waals surface area contributed by atoms with Gasteiger partial charge in [0.05, 0.1) is 0 Å². The van der Waals surface area contributed by atoms with Gasteiger partial charge in [0.25, 0.3) is 0 Å². The van der Waals surface area contributed by atoms with Gasteiger partial charge in [0.2, 0.25) is 10.0 Å². The summed E-state index contributed by atoms with van der Waals surface area (Å²) in [5.74, 6) is 0. The smallest absolute Gasteiger partial charge is 0.223 e. The number of nitrogens with one attached hydrogen (secondary N) is 1. The van der Waals surface area contributed by atoms with Gasteiger partial charge in [-0.05, 0) is 112 Å². The lowest BCUT2D eigenvalue weighted by Gasteiger charge is -2.34. The maximum Gasteiger partial charge on any atom is 0.223 e. The third-order valence-corrected chi connectivity index (χ3v) is 9.06. The van der Waals surface area contributed by atoms with Gasteiger partial charge in [-0.25, -0.2) is 12.7 Å². The Labute approximate surface area is 191 Å². The molecule has 1 saturated heterocycles. The first-order chi connectivity index (χ1) is 14.7. The largest absolute Gasteiger partial charge is 0.317 e. The molecule has 2 rings (SSSR count). The minimum Gasteiger partial charge on any atom is -0.317 e. The second-order valence-corrected chi connectivity index (χ2v) is 12.1. The van der Waals surface area contributed by atoms with Gasteiger partial charge in [-0.3, -0.25) is 0 Å². The van der Waals surface area contributed by atoms with E-state index in [2.05, 4.69) is 29.2 Å². The van der Waals surface area contributed by atoms with E-state index in [0.717, 1.165) is 64.1 Å². The Balaban J connectivity index is 2.01. The summed E-state index contributed by atoms with van der Waals surface area (Å²) in [5, 5.41) is 3.51. The SMILES string of the molecule is CC1=CC(C)(S(=O)(=O)N2CCCCN(C)CCCN(C)CCCCNCCC2)CC=C1. The number of sulfonamides is 1. The maximum absolute atomic E-state index is 13.6. The minimum absolute atomic E-state index is 0.554. The van der Waals surface area contributed by atoms with Crippen LogP contribution in [0, 0.1) is 0 Å². The highest BCUT2D eigenvalue weighted by molar-refractivity contribution is 7.90. The van der Waals surface area contributed by atoms with Crippen LogP contribution in [0.5, 0.6) is 0 Å². The van der Waals surface area contributed by atoms with Gasteiger partial charge in [-0.1, -0.05) is 23.8 Å². The zero-order valence-corrected chi connectivity index (χ0v) is 21.2. The molecule has 6 nitrogen and oxygen atoms in total. The fourth-order valence-corrected chi connectivity index (χ4v) is 6.51. The topological polar surface area (TPSA) is 55.9 Å². The molecule has 180 valence electrons. The van der Waals surface area contributed by atoms with E-state index in [1.54, 1.807) is 4.31 Å². The third-order valence-electron chi connectivity index (χ3n) is 6.55. The monoisotopic (exact) mass is 454 g/mol. The second kappa shape index (κ2) is 13.1. The van der Waals surface area contributed by atoms with E-state index in [9.17, 15) is 8.42 Å². The first-order valence-electron chi connectivity index (χ1n) is 12.2. The molecule has 0 aromatic heterocycles. The van der Waals surface area contributed by atoms with Crippen LogP contribution in [0.3, 0.4) is 0 Å². The number of nitrogens with zero attached hydrogens (tertiary/aromatic N) is 3. The van der Waals surface area contributed by atoms with Crippen LogP contribution >= 0.6 is 0 Å². The van der Waals surface area contributed by atoms with Crippen molar-refractivity contribution in [1.82, 2.24) is 19.4 Å². The molecule has 1 atom stereocenters. The van der Waals surface area contributed by atoms with Crippen molar-refractivity contribution >= 4 is 10.0 Å². The lowest BCUT2D eigenvalue weighted by atomic mass is 9.98. The zero-order chi connectivity index (χ0) is 22.7. The van der Waals surface area contributed by atoms with Crippen molar-refractivity contribution in [3.05, 3.63) is 23.8 Å². The third kappa shape index (κ3) is 8.61. The lowest BCUT2D eigenvalue weighted by Crippen LogP contribution is -2.47. The van der Waals surface area contributed by atoms with E-state index in [1.165, 1.54) is 19.3 Å². The molecule has 0 aromatic rings. The first kappa shape index (κ1) is 26.5. The molecule has 1 aliphatic heterocycles. The summed E-state index contributed by atoms with van der Waals surface area (Å²) in [6.45, 7) is 11.4. The highest BCUT2D eigenvalue weighted by Crippen LogP contribution is 2.32. The fourth-order valence-electron chi connectivity index (χ4n) is 4.54. The summed E-state index contributed by atoms with van der Waals surface area (Å²) in [4.78, 5) is 4.83. The molecule has 1 aliphatic carbocycles. The Hall–Kier alpha value is -0.730. The molecule has 0 spiro atoms. The second-order valence-electron chi connectivity index (χ2n) is 9.69. The molecule has 1 heterocycles. The van der Waals surface area contributed by atoms with E-state index in [0.29, 0.717) is 19.5 Å². The zero-order valence-electron chi connectivity index (χ0n) is 20.4. The van der Waals surface area contributed by atoms with Gasteiger partial charge in [0, 0.05) is 13.1 Å². The lowest BCUT2D eigenvalue weighted by molar-refractivity contribution is 0.268. The number of rotatable bonds is 2. The van der Waals surface area contributed by atoms with Crippen molar-refractivity contribution in [2.45, 2.75) is 63.5 Å². The van der Waals surface area contributed by atoms with Crippen LogP contribution in [0.2, 0.25) is 0 Å². The standard InChI is InChI=1S/C24H46N4O2S/c1-23-12-9-13-24(2,22-23)31(29,30)28-20-8-7-17-27(4)19-11-18-26(3)16-6-5-14-25-15-10-21-28/h9,12,22,25H,5-8,10-11,13-21H2,1-4H3. The van der Waals surface area contributed by atoms with Crippen LogP contribution in [0.4, 0.5) is 0 Å². The Kier molecular flexibility index (Phi) is 11.2. The van der Waals surface area contributed by atoms with E-state index < -0.39 is 14.8 Å². The summed E-state index contributed by atoms with van der Waals surface area (Å²) in [7, 11) is 0.997. The molecule has 1 fully saturated rings. The fraction of sp³-hybridized carbons (Fsp3) is 0.833. The molecule has 1 N–H and O–H groups in total. The van der Waals surface area contributed by atoms with Gasteiger partial charge in [-0.15, -0.1) is 0 Å². The van der Waals surface area contributed by atoms with Crippen LogP contribution < -0.4 is 5.32 Å². The highest BCUT2D eigenvalue weighted by Gasteiger charge is 2.41. The molecule has 0 saturated carbocycles. The predicted octanol–water partition coefficient (Wildman–Crippen LogP) is 3.09. The molecular formula is C24H46N4O2S. The quantitative estimate of drug-likeness (QED) is 0.695. The van der Waals surface area contributed by atoms with E-state index in [1.807, 2.05) is 32.1 Å². The maximum atomic E-state index is 13.6. The van der Waals surface area contributed by atoms with Crippen LogP contribution in [-0.4, -0.2) is 93.7 Å². The predicted molar refractivity (Wildman–Crippen MR) is 132 cm³/mol. The summed E-state index contributed by atoms with van der Waals surface area (Å²) < 4.78 is 28.2. The molecule has 7 heteroatoms. The molecule has 0 radical (unpaired) electrons. The Morgan fingerprint density at radius 1 is 0.839 bits per heavy atom. The Morgan fingerprint density at radius 3 is 2.06 bits per heavy atom. The number of hydrogen-bond donors (Lipinski definition) is 1. The number of allylic oxidation sites excluding steroid dienone is 3. The molecule has 0 amide bonds. The van der Waals surface area contributed by atoms with Gasteiger partial charge in [0.15, 0.2) is 0 Å². The Morgan fingerprint density at radius 2 is 1.39 bits per heavy atom. The van der Waals surface area contributed by atoms with Crippen LogP contribution in [0.1, 0.15) is 58.8 Å². The van der Waals surface area contributed by atoms with E-state index in [4.69, 9.17) is 0 Å². The number of hydrogen-bond acceptors (Lipinski definition) is 5. The first-order valence-corrected chi connectivity index (χ1v) is 13.6. The van der Waals surface area contributed by atoms with Crippen molar-refractivity contribution in [2.75, 3.05) is 66.5 Å². The van der Waals surface area contributed by atoms with Crippen molar-refractivity contribution in [1.29, 1.82) is 0 Å². The van der Waals surface area contributed by atoms with Gasteiger partial charge in [0.1, 0.15) is 4.75 Å². The van der Waals surface area contributed by atoms with Gasteiger partial charge >= 0.3 is 0 Å². The molecule has 31 heavy (non-hydrogen) atoms. The van der Waals surface area contributed by atoms with Crippen LogP contribution in [0.25, 0.3) is 0 Å². The van der Waals surface area contributed by atoms with Crippen LogP contribution in [-0.2, 0) is 10.0 Å².